The highest BCUT2D eigenvalue weighted by atomic mass is 32.2. The van der Waals surface area contributed by atoms with Crippen LogP contribution in [0.4, 0.5) is 5.69 Å². The van der Waals surface area contributed by atoms with Crippen LogP contribution in [0, 0.1) is 10.1 Å². The molecule has 0 radical (unpaired) electrons. The van der Waals surface area contributed by atoms with Crippen molar-refractivity contribution in [2.45, 2.75) is 10.1 Å². The van der Waals surface area contributed by atoms with Crippen LogP contribution < -0.4 is 0 Å². The van der Waals surface area contributed by atoms with E-state index in [1.807, 2.05) is 0 Å². The van der Waals surface area contributed by atoms with Gasteiger partial charge >= 0.3 is 5.97 Å². The van der Waals surface area contributed by atoms with Gasteiger partial charge in [0.2, 0.25) is 0 Å². The number of benzene rings is 1. The average molecular weight is 500 g/mol. The van der Waals surface area contributed by atoms with Crippen molar-refractivity contribution in [3.63, 3.8) is 0 Å². The zero-order valence-corrected chi connectivity index (χ0v) is 19.3. The number of carbonyl (C=O) groups is 3. The summed E-state index contributed by atoms with van der Waals surface area (Å²) in [6.07, 6.45) is 2.88. The van der Waals surface area contributed by atoms with Crippen molar-refractivity contribution in [3.8, 4) is 0 Å². The van der Waals surface area contributed by atoms with Crippen LogP contribution in [0.3, 0.4) is 0 Å². The molecule has 0 saturated carbocycles. The third kappa shape index (κ3) is 5.48. The number of hydrogen-bond donors (Lipinski definition) is 0. The highest BCUT2D eigenvalue weighted by Crippen LogP contribution is 2.34. The van der Waals surface area contributed by atoms with Gasteiger partial charge in [-0.1, -0.05) is 0 Å². The summed E-state index contributed by atoms with van der Waals surface area (Å²) in [4.78, 5) is 51.5. The Morgan fingerprint density at radius 3 is 2.54 bits per heavy atom. The van der Waals surface area contributed by atoms with Gasteiger partial charge in [0.15, 0.2) is 17.5 Å². The van der Waals surface area contributed by atoms with Gasteiger partial charge in [0.1, 0.15) is 6.33 Å². The lowest BCUT2D eigenvalue weighted by Crippen LogP contribution is -2.51. The average Bonchev–Trinajstić information content (AvgIpc) is 3.54. The summed E-state index contributed by atoms with van der Waals surface area (Å²) in [6, 6.07) is 7.11. The van der Waals surface area contributed by atoms with Crippen LogP contribution in [-0.2, 0) is 16.6 Å². The molecule has 0 N–H and O–H groups in total. The summed E-state index contributed by atoms with van der Waals surface area (Å²) in [6.45, 7) is 0.672. The fourth-order valence-corrected chi connectivity index (χ4v) is 4.20. The molecule has 1 saturated heterocycles. The predicted octanol–water partition coefficient (Wildman–Crippen LogP) is 1.61. The van der Waals surface area contributed by atoms with Gasteiger partial charge in [-0.2, -0.15) is 0 Å². The number of nitrogens with zero attached hydrogens (tertiary/aromatic N) is 6. The molecular formula is C21H20N6O7S. The lowest BCUT2D eigenvalue weighted by atomic mass is 10.2. The van der Waals surface area contributed by atoms with E-state index in [1.165, 1.54) is 29.6 Å². The van der Waals surface area contributed by atoms with Crippen molar-refractivity contribution >= 4 is 35.2 Å². The topological polar surface area (TPSA) is 154 Å². The Kier molecular flexibility index (Phi) is 7.10. The Balaban J connectivity index is 1.32. The number of nitro groups is 1. The number of amides is 2. The maximum absolute atomic E-state index is 12.5. The van der Waals surface area contributed by atoms with Crippen molar-refractivity contribution in [1.29, 1.82) is 0 Å². The van der Waals surface area contributed by atoms with E-state index in [2.05, 4.69) is 10.2 Å². The maximum Gasteiger partial charge on any atom is 0.338 e. The quantitative estimate of drug-likeness (QED) is 0.265. The molecule has 0 aliphatic carbocycles. The molecule has 35 heavy (non-hydrogen) atoms. The van der Waals surface area contributed by atoms with E-state index < -0.39 is 23.4 Å². The minimum atomic E-state index is -0.858. The molecule has 182 valence electrons. The lowest BCUT2D eigenvalue weighted by molar-refractivity contribution is -0.387. The minimum absolute atomic E-state index is 0.0549. The van der Waals surface area contributed by atoms with Gasteiger partial charge in [-0.05, 0) is 36.0 Å². The molecule has 3 heterocycles. The number of nitro benzene ring substituents is 1. The first kappa shape index (κ1) is 23.9. The molecule has 0 unspecified atom stereocenters. The van der Waals surface area contributed by atoms with E-state index in [0.717, 1.165) is 17.8 Å². The van der Waals surface area contributed by atoms with Gasteiger partial charge < -0.3 is 23.5 Å². The smallest absolute Gasteiger partial charge is 0.338 e. The number of aryl methyl sites for hydroxylation is 1. The molecule has 13 nitrogen and oxygen atoms in total. The highest BCUT2D eigenvalue weighted by molar-refractivity contribution is 7.99. The van der Waals surface area contributed by atoms with E-state index in [1.54, 1.807) is 28.6 Å². The van der Waals surface area contributed by atoms with Crippen molar-refractivity contribution in [1.82, 2.24) is 24.6 Å². The monoisotopic (exact) mass is 500 g/mol. The van der Waals surface area contributed by atoms with Crippen molar-refractivity contribution in [2.75, 3.05) is 32.8 Å². The Morgan fingerprint density at radius 1 is 1.17 bits per heavy atom. The molecule has 0 atom stereocenters. The Labute approximate surface area is 202 Å². The fraction of sp³-hybridized carbons (Fsp3) is 0.286. The summed E-state index contributed by atoms with van der Waals surface area (Å²) >= 11 is 1.04. The molecule has 3 aromatic rings. The SMILES string of the molecule is Cn1cnnc1Sc1ccc(C(=O)OCC(=O)N2CCN(C(=O)c3ccco3)CC2)cc1[N+](=O)[O-]. The molecule has 0 spiro atoms. The third-order valence-corrected chi connectivity index (χ3v) is 6.36. The zero-order valence-electron chi connectivity index (χ0n) is 18.5. The molecule has 14 heteroatoms. The second kappa shape index (κ2) is 10.4. The second-order valence-corrected chi connectivity index (χ2v) is 8.50. The minimum Gasteiger partial charge on any atom is -0.459 e. The van der Waals surface area contributed by atoms with Crippen molar-refractivity contribution < 1.29 is 28.5 Å². The lowest BCUT2D eigenvalue weighted by Gasteiger charge is -2.34. The number of furan rings is 1. The van der Waals surface area contributed by atoms with Crippen LogP contribution >= 0.6 is 11.8 Å². The van der Waals surface area contributed by atoms with Crippen LogP contribution in [0.1, 0.15) is 20.9 Å². The number of esters is 1. The van der Waals surface area contributed by atoms with Gasteiger partial charge in [-0.15, -0.1) is 10.2 Å². The van der Waals surface area contributed by atoms with Gasteiger partial charge in [-0.3, -0.25) is 19.7 Å². The summed E-state index contributed by atoms with van der Waals surface area (Å²) in [7, 11) is 1.70. The molecule has 4 rings (SSSR count). The van der Waals surface area contributed by atoms with Crippen LogP contribution in [0.15, 0.2) is 57.4 Å². The Bertz CT molecular complexity index is 1250. The van der Waals surface area contributed by atoms with E-state index in [9.17, 15) is 24.5 Å². The van der Waals surface area contributed by atoms with Crippen molar-refractivity contribution in [2.24, 2.45) is 7.05 Å². The first-order valence-electron chi connectivity index (χ1n) is 10.4. The summed E-state index contributed by atoms with van der Waals surface area (Å²) in [5.74, 6) is -1.31. The molecule has 1 aromatic carbocycles. The summed E-state index contributed by atoms with van der Waals surface area (Å²) < 4.78 is 11.8. The molecule has 0 bridgehead atoms. The van der Waals surface area contributed by atoms with Gasteiger partial charge in [-0.25, -0.2) is 4.79 Å². The van der Waals surface area contributed by atoms with E-state index >= 15 is 0 Å². The van der Waals surface area contributed by atoms with E-state index in [0.29, 0.717) is 18.2 Å². The summed E-state index contributed by atoms with van der Waals surface area (Å²) in [5, 5.41) is 19.6. The maximum atomic E-state index is 12.5. The second-order valence-electron chi connectivity index (χ2n) is 7.49. The number of ether oxygens (including phenoxy) is 1. The number of rotatable bonds is 7. The Morgan fingerprint density at radius 2 is 1.91 bits per heavy atom. The van der Waals surface area contributed by atoms with Crippen LogP contribution in [0.2, 0.25) is 0 Å². The summed E-state index contributed by atoms with van der Waals surface area (Å²) in [5.41, 5.74) is -0.350. The van der Waals surface area contributed by atoms with Crippen LogP contribution in [0.5, 0.6) is 0 Å². The zero-order chi connectivity index (χ0) is 24.9. The predicted molar refractivity (Wildman–Crippen MR) is 120 cm³/mol. The molecule has 2 amide bonds. The number of piperazine rings is 1. The standard InChI is InChI=1S/C21H20N6O7S/c1-24-13-22-23-21(24)35-17-5-4-14(11-15(17)27(31)32)20(30)34-12-18(28)25-6-8-26(9-7-25)19(29)16-3-2-10-33-16/h2-5,10-11,13H,6-9,12H2,1H3. The molecule has 1 fully saturated rings. The van der Waals surface area contributed by atoms with Gasteiger partial charge in [0, 0.05) is 39.3 Å². The van der Waals surface area contributed by atoms with Gasteiger partial charge in [0.25, 0.3) is 17.5 Å². The van der Waals surface area contributed by atoms with Gasteiger partial charge in [0.05, 0.1) is 21.6 Å². The molecule has 1 aliphatic heterocycles. The van der Waals surface area contributed by atoms with Crippen LogP contribution in [0.25, 0.3) is 0 Å². The molecule has 2 aromatic heterocycles. The first-order chi connectivity index (χ1) is 16.8. The normalized spacial score (nSPS) is 13.5. The fourth-order valence-electron chi connectivity index (χ4n) is 3.35. The molecular weight excluding hydrogens is 480 g/mol. The van der Waals surface area contributed by atoms with Crippen LogP contribution in [-0.4, -0.2) is 80.1 Å². The molecule has 1 aliphatic rings. The Hall–Kier alpha value is -4.20. The first-order valence-corrected chi connectivity index (χ1v) is 11.2. The third-order valence-electron chi connectivity index (χ3n) is 5.24. The van der Waals surface area contributed by atoms with E-state index in [-0.39, 0.29) is 40.9 Å². The number of hydrogen-bond acceptors (Lipinski definition) is 10. The highest BCUT2D eigenvalue weighted by Gasteiger charge is 2.27. The number of carbonyl (C=O) groups excluding carboxylic acids is 3. The van der Waals surface area contributed by atoms with E-state index in [4.69, 9.17) is 9.15 Å². The largest absolute Gasteiger partial charge is 0.459 e. The number of aromatic nitrogens is 3. The van der Waals surface area contributed by atoms with Crippen molar-refractivity contribution in [3.05, 3.63) is 64.4 Å².